The van der Waals surface area contributed by atoms with Crippen molar-refractivity contribution in [2.24, 2.45) is 11.7 Å². The van der Waals surface area contributed by atoms with Gasteiger partial charge in [-0.2, -0.15) is 0 Å². The number of hydrogen-bond donors (Lipinski definition) is 1. The van der Waals surface area contributed by atoms with Gasteiger partial charge in [-0.15, -0.1) is 11.3 Å². The van der Waals surface area contributed by atoms with Gasteiger partial charge in [-0.1, -0.05) is 13.3 Å². The number of anilines is 1. The fraction of sp³-hybridized carbons (Fsp3) is 0.786. The molecule has 2 aliphatic rings. The lowest BCUT2D eigenvalue weighted by Crippen LogP contribution is -2.27. The van der Waals surface area contributed by atoms with Crippen molar-refractivity contribution in [1.82, 2.24) is 4.98 Å². The van der Waals surface area contributed by atoms with Crippen LogP contribution in [0.1, 0.15) is 49.6 Å². The summed E-state index contributed by atoms with van der Waals surface area (Å²) in [5, 5.41) is 1.24. The van der Waals surface area contributed by atoms with Gasteiger partial charge >= 0.3 is 0 Å². The topological polar surface area (TPSA) is 42.2 Å². The Morgan fingerprint density at radius 1 is 1.33 bits per heavy atom. The molecule has 2 fully saturated rings. The van der Waals surface area contributed by atoms with Crippen LogP contribution in [-0.2, 0) is 13.0 Å². The molecule has 3 rings (SSSR count). The molecule has 0 spiro atoms. The van der Waals surface area contributed by atoms with Crippen LogP contribution < -0.4 is 10.6 Å². The summed E-state index contributed by atoms with van der Waals surface area (Å²) in [7, 11) is 0. The summed E-state index contributed by atoms with van der Waals surface area (Å²) < 4.78 is 0. The summed E-state index contributed by atoms with van der Waals surface area (Å²) >= 11 is 1.84. The Kier molecular flexibility index (Phi) is 3.57. The Balaban J connectivity index is 1.78. The Morgan fingerprint density at radius 3 is 2.67 bits per heavy atom. The van der Waals surface area contributed by atoms with Crippen LogP contribution in [0.15, 0.2) is 0 Å². The zero-order chi connectivity index (χ0) is 12.5. The van der Waals surface area contributed by atoms with Crippen LogP contribution in [0.2, 0.25) is 0 Å². The molecule has 0 bridgehead atoms. The molecule has 3 nitrogen and oxygen atoms in total. The van der Waals surface area contributed by atoms with E-state index in [-0.39, 0.29) is 0 Å². The molecule has 2 aliphatic carbocycles. The standard InChI is InChI=1S/C14H23N3S/c1-2-3-12-13(8-15)18-14(16-12)17(11-6-7-11)9-10-4-5-10/h10-11H,2-9,15H2,1H3. The SMILES string of the molecule is CCCc1nc(N(CC2CC2)C2CC2)sc1CN. The van der Waals surface area contributed by atoms with Crippen LogP contribution in [0.4, 0.5) is 5.13 Å². The van der Waals surface area contributed by atoms with Gasteiger partial charge in [-0.25, -0.2) is 4.98 Å². The highest BCUT2D eigenvalue weighted by Crippen LogP contribution is 2.39. The van der Waals surface area contributed by atoms with Gasteiger partial charge < -0.3 is 10.6 Å². The minimum absolute atomic E-state index is 0.648. The number of hydrogen-bond acceptors (Lipinski definition) is 4. The molecular formula is C14H23N3S. The van der Waals surface area contributed by atoms with Gasteiger partial charge in [-0.05, 0) is 38.0 Å². The molecule has 0 saturated heterocycles. The molecule has 100 valence electrons. The van der Waals surface area contributed by atoms with Crippen LogP contribution in [0.25, 0.3) is 0 Å². The Bertz CT molecular complexity index is 407. The van der Waals surface area contributed by atoms with Crippen molar-refractivity contribution < 1.29 is 0 Å². The van der Waals surface area contributed by atoms with E-state index in [9.17, 15) is 0 Å². The van der Waals surface area contributed by atoms with Gasteiger partial charge in [-0.3, -0.25) is 0 Å². The second-order valence-corrected chi connectivity index (χ2v) is 6.71. The highest BCUT2D eigenvalue weighted by molar-refractivity contribution is 7.15. The molecule has 2 N–H and O–H groups in total. The molecule has 1 aromatic rings. The van der Waals surface area contributed by atoms with Gasteiger partial charge in [0.2, 0.25) is 0 Å². The number of nitrogens with two attached hydrogens (primary N) is 1. The van der Waals surface area contributed by atoms with Crippen molar-refractivity contribution in [1.29, 1.82) is 0 Å². The molecule has 0 aromatic carbocycles. The first kappa shape index (κ1) is 12.4. The summed E-state index contributed by atoms with van der Waals surface area (Å²) in [4.78, 5) is 8.75. The molecule has 1 aromatic heterocycles. The number of rotatable bonds is 7. The van der Waals surface area contributed by atoms with Crippen molar-refractivity contribution in [2.45, 2.75) is 58.0 Å². The third-order valence-corrected chi connectivity index (χ3v) is 4.98. The second kappa shape index (κ2) is 5.17. The third-order valence-electron chi connectivity index (χ3n) is 3.82. The first-order valence-corrected chi connectivity index (χ1v) is 8.08. The van der Waals surface area contributed by atoms with E-state index in [4.69, 9.17) is 10.7 Å². The molecule has 0 unspecified atom stereocenters. The van der Waals surface area contributed by atoms with Crippen LogP contribution in [-0.4, -0.2) is 17.6 Å². The van der Waals surface area contributed by atoms with E-state index in [0.29, 0.717) is 6.54 Å². The number of aromatic nitrogens is 1. The number of aryl methyl sites for hydroxylation is 1. The van der Waals surface area contributed by atoms with Gasteiger partial charge in [0, 0.05) is 24.0 Å². The van der Waals surface area contributed by atoms with Gasteiger partial charge in [0.05, 0.1) is 5.69 Å². The summed E-state index contributed by atoms with van der Waals surface area (Å²) in [6, 6.07) is 0.775. The van der Waals surface area contributed by atoms with Crippen molar-refractivity contribution in [3.05, 3.63) is 10.6 Å². The summed E-state index contributed by atoms with van der Waals surface area (Å²) in [6.45, 7) is 4.09. The predicted molar refractivity (Wildman–Crippen MR) is 77.1 cm³/mol. The minimum Gasteiger partial charge on any atom is -0.345 e. The smallest absolute Gasteiger partial charge is 0.186 e. The Hall–Kier alpha value is -0.610. The van der Waals surface area contributed by atoms with E-state index in [1.807, 2.05) is 11.3 Å². The molecule has 0 atom stereocenters. The first-order chi connectivity index (χ1) is 8.81. The zero-order valence-corrected chi connectivity index (χ0v) is 12.0. The number of nitrogens with zero attached hydrogens (tertiary/aromatic N) is 2. The summed E-state index contributed by atoms with van der Waals surface area (Å²) in [5.74, 6) is 0.936. The maximum Gasteiger partial charge on any atom is 0.186 e. The minimum atomic E-state index is 0.648. The van der Waals surface area contributed by atoms with E-state index in [1.165, 1.54) is 47.9 Å². The highest BCUT2D eigenvalue weighted by Gasteiger charge is 2.35. The van der Waals surface area contributed by atoms with Crippen molar-refractivity contribution in [2.75, 3.05) is 11.4 Å². The highest BCUT2D eigenvalue weighted by atomic mass is 32.1. The Labute approximate surface area is 113 Å². The molecule has 1 heterocycles. The van der Waals surface area contributed by atoms with Gasteiger partial charge in [0.15, 0.2) is 5.13 Å². The van der Waals surface area contributed by atoms with E-state index in [1.54, 1.807) is 0 Å². The molecule has 18 heavy (non-hydrogen) atoms. The van der Waals surface area contributed by atoms with Gasteiger partial charge in [0.25, 0.3) is 0 Å². The summed E-state index contributed by atoms with van der Waals surface area (Å²) in [6.07, 6.45) is 7.77. The lowest BCUT2D eigenvalue weighted by atomic mass is 10.2. The van der Waals surface area contributed by atoms with Crippen molar-refractivity contribution >= 4 is 16.5 Å². The summed E-state index contributed by atoms with van der Waals surface area (Å²) in [5.41, 5.74) is 7.10. The molecule has 2 saturated carbocycles. The molecular weight excluding hydrogens is 242 g/mol. The average Bonchev–Trinajstić information content (AvgIpc) is 3.25. The van der Waals surface area contributed by atoms with Crippen molar-refractivity contribution in [3.63, 3.8) is 0 Å². The lowest BCUT2D eigenvalue weighted by Gasteiger charge is -2.21. The van der Waals surface area contributed by atoms with E-state index < -0.39 is 0 Å². The normalized spacial score (nSPS) is 19.2. The fourth-order valence-electron chi connectivity index (χ4n) is 2.43. The number of thiazole rings is 1. The van der Waals surface area contributed by atoms with E-state index in [2.05, 4.69) is 11.8 Å². The maximum atomic E-state index is 5.85. The second-order valence-electron chi connectivity index (χ2n) is 5.65. The Morgan fingerprint density at radius 2 is 2.11 bits per heavy atom. The average molecular weight is 265 g/mol. The first-order valence-electron chi connectivity index (χ1n) is 7.27. The third kappa shape index (κ3) is 2.69. The predicted octanol–water partition coefficient (Wildman–Crippen LogP) is 2.93. The maximum absolute atomic E-state index is 5.85. The monoisotopic (exact) mass is 265 g/mol. The fourth-order valence-corrected chi connectivity index (χ4v) is 3.50. The van der Waals surface area contributed by atoms with Crippen LogP contribution in [0.3, 0.4) is 0 Å². The zero-order valence-electron chi connectivity index (χ0n) is 11.2. The molecule has 0 amide bonds. The lowest BCUT2D eigenvalue weighted by molar-refractivity contribution is 0.713. The van der Waals surface area contributed by atoms with Gasteiger partial charge in [0.1, 0.15) is 0 Å². The van der Waals surface area contributed by atoms with Crippen molar-refractivity contribution in [3.8, 4) is 0 Å². The van der Waals surface area contributed by atoms with Crippen LogP contribution in [0.5, 0.6) is 0 Å². The largest absolute Gasteiger partial charge is 0.345 e. The van der Waals surface area contributed by atoms with E-state index >= 15 is 0 Å². The molecule has 4 heteroatoms. The van der Waals surface area contributed by atoms with Crippen LogP contribution in [0, 0.1) is 5.92 Å². The molecule has 0 radical (unpaired) electrons. The van der Waals surface area contributed by atoms with Crippen LogP contribution >= 0.6 is 11.3 Å². The quantitative estimate of drug-likeness (QED) is 0.824. The molecule has 0 aliphatic heterocycles. The van der Waals surface area contributed by atoms with E-state index in [0.717, 1.165) is 24.8 Å².